The first-order valence-electron chi connectivity index (χ1n) is 23.4. The van der Waals surface area contributed by atoms with E-state index in [1.165, 1.54) is 20.8 Å². The highest BCUT2D eigenvalue weighted by Gasteiger charge is 2.53. The number of carbonyl (C=O) groups is 11. The van der Waals surface area contributed by atoms with Crippen LogP contribution in [0.2, 0.25) is 0 Å². The summed E-state index contributed by atoms with van der Waals surface area (Å²) in [5, 5.41) is 82.4. The number of aliphatic hydroxyl groups is 5. The molecule has 2 heterocycles. The lowest BCUT2D eigenvalue weighted by atomic mass is 9.94. The van der Waals surface area contributed by atoms with Crippen molar-refractivity contribution < 1.29 is 102 Å². The molecule has 0 radical (unpaired) electrons. The van der Waals surface area contributed by atoms with Gasteiger partial charge in [0.05, 0.1) is 26.3 Å². The van der Waals surface area contributed by atoms with Gasteiger partial charge in [-0.3, -0.25) is 52.7 Å². The Bertz CT molecular complexity index is 1970. The number of aliphatic carboxylic acids is 1. The standard InChI is InChI=1S/C42H71N11O21/c1-17(37(66)47-14-29(61)62)49-40(69)23(8-6-7-11-45-28(60)13-46-27(59)12-43)52-26(58)10-9-22(36(44)65)53-38(67)18(2)48-39(68)19(3)71-35-31(51-21(5)57)41(70)72-25(16-55)34(35)74-42-30(50-20(4)56)33(64)32(63)24(15-54)73-42/h17-19,22-25,30-35,41-42,54-55,63-64,70H,6-16,43H2,1-5H3,(H2,44,65)(H,45,60)(H,46,59)(H,47,66)(H,48,68)(H,49,69)(H,50,56)(H,51,57)(H,52,58)(H,53,67)(H,61,62). The molecule has 420 valence electrons. The van der Waals surface area contributed by atoms with Crippen molar-refractivity contribution >= 4 is 65.0 Å². The van der Waals surface area contributed by atoms with Crippen LogP contribution in [-0.2, 0) is 71.7 Å². The van der Waals surface area contributed by atoms with Crippen LogP contribution in [0.1, 0.15) is 66.7 Å². The maximum atomic E-state index is 13.6. The Morgan fingerprint density at radius 3 is 1.81 bits per heavy atom. The first-order chi connectivity index (χ1) is 34.7. The fourth-order valence-electron chi connectivity index (χ4n) is 7.32. The predicted octanol–water partition coefficient (Wildman–Crippen LogP) is -9.89. The highest BCUT2D eigenvalue weighted by Crippen LogP contribution is 2.31. The van der Waals surface area contributed by atoms with E-state index >= 15 is 0 Å². The van der Waals surface area contributed by atoms with E-state index in [1.807, 2.05) is 0 Å². The summed E-state index contributed by atoms with van der Waals surface area (Å²) >= 11 is 0. The third kappa shape index (κ3) is 20.9. The zero-order valence-electron chi connectivity index (χ0n) is 41.4. The number of carboxylic acids is 1. The second-order valence-electron chi connectivity index (χ2n) is 17.3. The number of aliphatic hydroxyl groups excluding tert-OH is 5. The molecule has 0 aromatic carbocycles. The smallest absolute Gasteiger partial charge is 0.322 e. The number of carboxylic acid groups (broad SMARTS) is 1. The van der Waals surface area contributed by atoms with Gasteiger partial charge in [0.2, 0.25) is 59.1 Å². The van der Waals surface area contributed by atoms with E-state index in [0.717, 1.165) is 13.8 Å². The monoisotopic (exact) mass is 1070 g/mol. The fourth-order valence-corrected chi connectivity index (χ4v) is 7.32. The minimum Gasteiger partial charge on any atom is -0.480 e. The highest BCUT2D eigenvalue weighted by atomic mass is 16.7. The molecule has 2 aliphatic heterocycles. The van der Waals surface area contributed by atoms with Crippen molar-refractivity contribution in [3.8, 4) is 0 Å². The van der Waals surface area contributed by atoms with Gasteiger partial charge in [0.15, 0.2) is 12.6 Å². The second-order valence-corrected chi connectivity index (χ2v) is 17.3. The molecule has 15 atom stereocenters. The molecule has 0 saturated carbocycles. The van der Waals surface area contributed by atoms with E-state index < -0.39 is 189 Å². The van der Waals surface area contributed by atoms with Gasteiger partial charge >= 0.3 is 5.97 Å². The van der Waals surface area contributed by atoms with E-state index in [2.05, 4.69) is 47.9 Å². The molecule has 19 N–H and O–H groups in total. The van der Waals surface area contributed by atoms with Crippen LogP contribution in [0, 0.1) is 0 Å². The van der Waals surface area contributed by atoms with E-state index in [4.69, 9.17) is 35.5 Å². The van der Waals surface area contributed by atoms with E-state index in [0.29, 0.717) is 0 Å². The molecule has 2 rings (SSSR count). The molecule has 2 saturated heterocycles. The zero-order chi connectivity index (χ0) is 56.0. The Morgan fingerprint density at radius 2 is 1.23 bits per heavy atom. The van der Waals surface area contributed by atoms with Crippen molar-refractivity contribution in [1.82, 2.24) is 47.9 Å². The van der Waals surface area contributed by atoms with Gasteiger partial charge in [-0.2, -0.15) is 0 Å². The van der Waals surface area contributed by atoms with E-state index in [1.54, 1.807) is 0 Å². The molecular weight excluding hydrogens is 995 g/mol. The van der Waals surface area contributed by atoms with Crippen molar-refractivity contribution in [2.24, 2.45) is 11.5 Å². The van der Waals surface area contributed by atoms with Crippen molar-refractivity contribution in [1.29, 1.82) is 0 Å². The molecule has 0 aromatic heterocycles. The van der Waals surface area contributed by atoms with Gasteiger partial charge in [0, 0.05) is 26.8 Å². The minimum atomic E-state index is -1.90. The molecule has 2 aliphatic rings. The van der Waals surface area contributed by atoms with Crippen molar-refractivity contribution in [3.05, 3.63) is 0 Å². The zero-order valence-corrected chi connectivity index (χ0v) is 41.4. The first kappa shape index (κ1) is 63.9. The van der Waals surface area contributed by atoms with Gasteiger partial charge < -0.3 is 109 Å². The summed E-state index contributed by atoms with van der Waals surface area (Å²) in [7, 11) is 0. The van der Waals surface area contributed by atoms with Crippen LogP contribution in [0.25, 0.3) is 0 Å². The normalized spacial score (nSPS) is 25.4. The second kappa shape index (κ2) is 31.5. The molecule has 74 heavy (non-hydrogen) atoms. The molecule has 32 heteroatoms. The average Bonchev–Trinajstić information content (AvgIpc) is 3.33. The number of unbranched alkanes of at least 4 members (excludes halogenated alkanes) is 1. The third-order valence-electron chi connectivity index (χ3n) is 11.3. The number of nitrogens with two attached hydrogens (primary N) is 2. The Balaban J connectivity index is 2.18. The SMILES string of the molecule is CC(=O)NC1C(OC2C(CO)OC(O)C(NC(C)=O)C2OC(C)C(=O)NC(C)C(=O)NC(CCC(=O)NC(CCCCNC(=O)CNC(=O)CN)C(=O)NC(C)C(=O)NCC(=O)O)C(N)=O)OC(CO)C(O)C1O. The summed E-state index contributed by atoms with van der Waals surface area (Å²) in [6, 6.07) is -8.62. The Labute approximate surface area is 423 Å². The number of amides is 10. The lowest BCUT2D eigenvalue weighted by Crippen LogP contribution is -2.70. The summed E-state index contributed by atoms with van der Waals surface area (Å²) in [5.74, 6) is -9.50. The maximum absolute atomic E-state index is 13.6. The largest absolute Gasteiger partial charge is 0.480 e. The van der Waals surface area contributed by atoms with E-state index in [-0.39, 0.29) is 38.9 Å². The molecular formula is C42H71N11O21. The van der Waals surface area contributed by atoms with Crippen LogP contribution in [0.5, 0.6) is 0 Å². The van der Waals surface area contributed by atoms with Crippen LogP contribution < -0.4 is 59.3 Å². The molecule has 2 fully saturated rings. The Hall–Kier alpha value is -6.23. The number of rotatable bonds is 30. The van der Waals surface area contributed by atoms with E-state index in [9.17, 15) is 78.3 Å². The summed E-state index contributed by atoms with van der Waals surface area (Å²) in [4.78, 5) is 137. The average molecular weight is 1070 g/mol. The molecule has 0 bridgehead atoms. The number of ether oxygens (including phenoxy) is 4. The van der Waals surface area contributed by atoms with Gasteiger partial charge in [-0.15, -0.1) is 0 Å². The number of hydrogen-bond acceptors (Lipinski definition) is 21. The summed E-state index contributed by atoms with van der Waals surface area (Å²) in [6.45, 7) is 2.80. The number of hydrogen-bond donors (Lipinski definition) is 17. The Morgan fingerprint density at radius 1 is 0.622 bits per heavy atom. The molecule has 32 nitrogen and oxygen atoms in total. The third-order valence-corrected chi connectivity index (χ3v) is 11.3. The first-order valence-corrected chi connectivity index (χ1v) is 23.4. The molecule has 10 amide bonds. The van der Waals surface area contributed by atoms with Gasteiger partial charge in [-0.25, -0.2) is 0 Å². The van der Waals surface area contributed by atoms with Crippen LogP contribution >= 0.6 is 0 Å². The van der Waals surface area contributed by atoms with Crippen LogP contribution in [-0.4, -0.2) is 227 Å². The lowest BCUT2D eigenvalue weighted by molar-refractivity contribution is -0.333. The molecule has 0 aromatic rings. The van der Waals surface area contributed by atoms with Crippen LogP contribution in [0.15, 0.2) is 0 Å². The van der Waals surface area contributed by atoms with Crippen LogP contribution in [0.3, 0.4) is 0 Å². The Kier molecular flexibility index (Phi) is 27.2. The highest BCUT2D eigenvalue weighted by molar-refractivity contribution is 5.94. The predicted molar refractivity (Wildman–Crippen MR) is 247 cm³/mol. The van der Waals surface area contributed by atoms with Gasteiger partial charge in [0.1, 0.15) is 85.5 Å². The number of nitrogens with one attached hydrogen (secondary N) is 9. The van der Waals surface area contributed by atoms with Gasteiger partial charge in [-0.05, 0) is 46.5 Å². The number of carbonyl (C=O) groups excluding carboxylic acids is 10. The topological polar surface area (TPSA) is 506 Å². The number of primary amides is 1. The van der Waals surface area contributed by atoms with Crippen molar-refractivity contribution in [3.63, 3.8) is 0 Å². The maximum Gasteiger partial charge on any atom is 0.322 e. The molecule has 15 unspecified atom stereocenters. The quantitative estimate of drug-likeness (QED) is 0.0297. The molecule has 0 aliphatic carbocycles. The minimum absolute atomic E-state index is 0.0525. The van der Waals surface area contributed by atoms with Crippen molar-refractivity contribution in [2.45, 2.75) is 158 Å². The molecule has 0 spiro atoms. The fraction of sp³-hybridized carbons (Fsp3) is 0.738. The summed E-state index contributed by atoms with van der Waals surface area (Å²) in [6.07, 6.45) is -15.5. The lowest BCUT2D eigenvalue weighted by Gasteiger charge is -2.48. The van der Waals surface area contributed by atoms with Gasteiger partial charge in [0.25, 0.3) is 0 Å². The summed E-state index contributed by atoms with van der Waals surface area (Å²) in [5.41, 5.74) is 10.7. The van der Waals surface area contributed by atoms with Crippen LogP contribution in [0.4, 0.5) is 0 Å². The van der Waals surface area contributed by atoms with Crippen molar-refractivity contribution in [2.75, 3.05) is 39.4 Å². The van der Waals surface area contributed by atoms with Gasteiger partial charge in [-0.1, -0.05) is 0 Å². The summed E-state index contributed by atoms with van der Waals surface area (Å²) < 4.78 is 23.2.